The van der Waals surface area contributed by atoms with Gasteiger partial charge in [-0.1, -0.05) is 44.0 Å². The molecule has 2 aromatic rings. The van der Waals surface area contributed by atoms with Crippen LogP contribution in [0.4, 0.5) is 0 Å². The number of rotatable bonds is 5. The number of nitrogens with zero attached hydrogens (tertiary/aromatic N) is 1. The number of nitrogens with one attached hydrogen (secondary N) is 1. The molecule has 4 nitrogen and oxygen atoms in total. The van der Waals surface area contributed by atoms with Gasteiger partial charge in [0.25, 0.3) is 5.91 Å². The van der Waals surface area contributed by atoms with Crippen molar-refractivity contribution in [3.63, 3.8) is 0 Å². The maximum Gasteiger partial charge on any atom is 0.277 e. The van der Waals surface area contributed by atoms with E-state index in [1.807, 2.05) is 43.3 Å². The summed E-state index contributed by atoms with van der Waals surface area (Å²) < 4.78 is 7.32. The number of benzene rings is 2. The van der Waals surface area contributed by atoms with E-state index in [9.17, 15) is 4.79 Å². The van der Waals surface area contributed by atoms with Gasteiger partial charge < -0.3 is 4.74 Å². The molecule has 0 bridgehead atoms. The van der Waals surface area contributed by atoms with Crippen LogP contribution in [-0.4, -0.2) is 18.2 Å². The minimum Gasteiger partial charge on any atom is -0.484 e. The van der Waals surface area contributed by atoms with Crippen LogP contribution < -0.4 is 10.2 Å². The molecule has 22 heavy (non-hydrogen) atoms. The third-order valence-electron chi connectivity index (χ3n) is 2.79. The van der Waals surface area contributed by atoms with Gasteiger partial charge in [0.05, 0.1) is 5.71 Å². The van der Waals surface area contributed by atoms with Crippen LogP contribution in [0.3, 0.4) is 0 Å². The van der Waals surface area contributed by atoms with Gasteiger partial charge in [-0.2, -0.15) is 5.10 Å². The minimum absolute atomic E-state index is 0.0846. The van der Waals surface area contributed by atoms with Gasteiger partial charge in [-0.05, 0) is 48.9 Å². The molecule has 0 aliphatic heterocycles. The van der Waals surface area contributed by atoms with Crippen molar-refractivity contribution in [2.45, 2.75) is 6.92 Å². The second-order valence-corrected chi connectivity index (χ2v) is 6.31. The second-order valence-electron chi connectivity index (χ2n) is 4.48. The Bertz CT molecular complexity index is 668. The maximum absolute atomic E-state index is 11.7. The summed E-state index contributed by atoms with van der Waals surface area (Å²) >= 11 is 6.71. The molecule has 1 amide bonds. The summed E-state index contributed by atoms with van der Waals surface area (Å²) in [5, 5.41) is 4.06. The molecule has 2 rings (SSSR count). The van der Waals surface area contributed by atoms with Crippen molar-refractivity contribution < 1.29 is 9.53 Å². The SMILES string of the molecule is CC(=NNC(=O)COc1ccc(Br)cc1)c1ccc(Br)cc1. The molecule has 0 atom stereocenters. The number of hydrogen-bond acceptors (Lipinski definition) is 3. The Hall–Kier alpha value is -1.66. The summed E-state index contributed by atoms with van der Waals surface area (Å²) in [4.78, 5) is 11.7. The number of carbonyl (C=O) groups excluding carboxylic acids is 1. The Balaban J connectivity index is 1.85. The zero-order chi connectivity index (χ0) is 15.9. The fourth-order valence-electron chi connectivity index (χ4n) is 1.61. The van der Waals surface area contributed by atoms with Crippen molar-refractivity contribution >= 4 is 43.5 Å². The van der Waals surface area contributed by atoms with Crippen LogP contribution in [0.1, 0.15) is 12.5 Å². The molecule has 6 heteroatoms. The van der Waals surface area contributed by atoms with Gasteiger partial charge in [0.1, 0.15) is 5.75 Å². The lowest BCUT2D eigenvalue weighted by Crippen LogP contribution is -2.25. The first-order valence-electron chi connectivity index (χ1n) is 6.52. The zero-order valence-corrected chi connectivity index (χ0v) is 15.0. The van der Waals surface area contributed by atoms with E-state index >= 15 is 0 Å². The molecule has 114 valence electrons. The number of halogens is 2. The predicted molar refractivity (Wildman–Crippen MR) is 94.1 cm³/mol. The lowest BCUT2D eigenvalue weighted by molar-refractivity contribution is -0.123. The Labute approximate surface area is 145 Å². The van der Waals surface area contributed by atoms with Crippen LogP contribution in [0, 0.1) is 0 Å². The monoisotopic (exact) mass is 424 g/mol. The summed E-state index contributed by atoms with van der Waals surface area (Å²) in [6.45, 7) is 1.75. The third kappa shape index (κ3) is 5.27. The van der Waals surface area contributed by atoms with E-state index in [0.29, 0.717) is 5.75 Å². The zero-order valence-electron chi connectivity index (χ0n) is 11.8. The second kappa shape index (κ2) is 8.10. The van der Waals surface area contributed by atoms with E-state index in [2.05, 4.69) is 42.4 Å². The first-order valence-corrected chi connectivity index (χ1v) is 8.10. The van der Waals surface area contributed by atoms with Gasteiger partial charge in [-0.15, -0.1) is 0 Å². The average molecular weight is 426 g/mol. The molecule has 0 unspecified atom stereocenters. The lowest BCUT2D eigenvalue weighted by atomic mass is 10.1. The highest BCUT2D eigenvalue weighted by Gasteiger charge is 2.03. The van der Waals surface area contributed by atoms with Gasteiger partial charge in [-0.3, -0.25) is 4.79 Å². The van der Waals surface area contributed by atoms with Crippen molar-refractivity contribution in [1.82, 2.24) is 5.43 Å². The van der Waals surface area contributed by atoms with Gasteiger partial charge in [0.15, 0.2) is 6.61 Å². The molecule has 0 fully saturated rings. The molecule has 0 heterocycles. The number of ether oxygens (including phenoxy) is 1. The number of hydrazone groups is 1. The molecule has 0 aromatic heterocycles. The molecule has 0 aliphatic rings. The maximum atomic E-state index is 11.7. The lowest BCUT2D eigenvalue weighted by Gasteiger charge is -2.06. The van der Waals surface area contributed by atoms with E-state index in [-0.39, 0.29) is 12.5 Å². The fraction of sp³-hybridized carbons (Fsp3) is 0.125. The average Bonchev–Trinajstić information content (AvgIpc) is 2.52. The quantitative estimate of drug-likeness (QED) is 0.578. The summed E-state index contributed by atoms with van der Waals surface area (Å²) in [7, 11) is 0. The third-order valence-corrected chi connectivity index (χ3v) is 3.85. The van der Waals surface area contributed by atoms with Crippen LogP contribution in [-0.2, 0) is 4.79 Å². The summed E-state index contributed by atoms with van der Waals surface area (Å²) in [6, 6.07) is 15.0. The van der Waals surface area contributed by atoms with E-state index in [1.54, 1.807) is 12.1 Å². The van der Waals surface area contributed by atoms with Crippen LogP contribution in [0.2, 0.25) is 0 Å². The first-order chi connectivity index (χ1) is 10.5. The standard InChI is InChI=1S/C16H14Br2N2O2/c1-11(12-2-4-13(17)5-3-12)19-20-16(21)10-22-15-8-6-14(18)7-9-15/h2-9H,10H2,1H3,(H,20,21). The van der Waals surface area contributed by atoms with Gasteiger partial charge in [0, 0.05) is 8.95 Å². The number of hydrogen-bond donors (Lipinski definition) is 1. The van der Waals surface area contributed by atoms with E-state index in [4.69, 9.17) is 4.74 Å². The molecule has 0 saturated carbocycles. The summed E-state index contributed by atoms with van der Waals surface area (Å²) in [6.07, 6.45) is 0. The smallest absolute Gasteiger partial charge is 0.277 e. The van der Waals surface area contributed by atoms with Crippen LogP contribution in [0.5, 0.6) is 5.75 Å². The highest BCUT2D eigenvalue weighted by Crippen LogP contribution is 2.15. The fourth-order valence-corrected chi connectivity index (χ4v) is 2.14. The van der Waals surface area contributed by atoms with Gasteiger partial charge in [-0.25, -0.2) is 5.43 Å². The molecule has 0 radical (unpaired) electrons. The molecule has 1 N–H and O–H groups in total. The highest BCUT2D eigenvalue weighted by atomic mass is 79.9. The van der Waals surface area contributed by atoms with E-state index < -0.39 is 0 Å². The van der Waals surface area contributed by atoms with Crippen molar-refractivity contribution in [1.29, 1.82) is 0 Å². The van der Waals surface area contributed by atoms with Crippen molar-refractivity contribution in [2.24, 2.45) is 5.10 Å². The molecule has 0 saturated heterocycles. The van der Waals surface area contributed by atoms with Crippen molar-refractivity contribution in [3.8, 4) is 5.75 Å². The van der Waals surface area contributed by atoms with E-state index in [0.717, 1.165) is 20.2 Å². The van der Waals surface area contributed by atoms with Crippen molar-refractivity contribution in [3.05, 3.63) is 63.0 Å². The first kappa shape index (κ1) is 16.7. The van der Waals surface area contributed by atoms with Crippen LogP contribution in [0.15, 0.2) is 62.6 Å². The summed E-state index contributed by atoms with van der Waals surface area (Å²) in [5.41, 5.74) is 4.15. The molecule has 0 spiro atoms. The Morgan fingerprint density at radius 3 is 2.18 bits per heavy atom. The topological polar surface area (TPSA) is 50.7 Å². The largest absolute Gasteiger partial charge is 0.484 e. The predicted octanol–water partition coefficient (Wildman–Crippen LogP) is 4.13. The Morgan fingerprint density at radius 2 is 1.59 bits per heavy atom. The number of amides is 1. The minimum atomic E-state index is -0.306. The highest BCUT2D eigenvalue weighted by molar-refractivity contribution is 9.10. The molecular formula is C16H14Br2N2O2. The Morgan fingerprint density at radius 1 is 1.05 bits per heavy atom. The molecule has 2 aromatic carbocycles. The van der Waals surface area contributed by atoms with E-state index in [1.165, 1.54) is 0 Å². The molecular weight excluding hydrogens is 412 g/mol. The Kier molecular flexibility index (Phi) is 6.15. The summed E-state index contributed by atoms with van der Waals surface area (Å²) in [5.74, 6) is 0.325. The molecule has 0 aliphatic carbocycles. The van der Waals surface area contributed by atoms with Crippen LogP contribution >= 0.6 is 31.9 Å². The normalized spacial score (nSPS) is 11.1. The van der Waals surface area contributed by atoms with Crippen LogP contribution in [0.25, 0.3) is 0 Å². The van der Waals surface area contributed by atoms with Gasteiger partial charge >= 0.3 is 0 Å². The number of carbonyl (C=O) groups is 1. The van der Waals surface area contributed by atoms with Gasteiger partial charge in [0.2, 0.25) is 0 Å². The van der Waals surface area contributed by atoms with Crippen molar-refractivity contribution in [2.75, 3.05) is 6.61 Å².